The van der Waals surface area contributed by atoms with Gasteiger partial charge in [0.2, 0.25) is 0 Å². The fourth-order valence-electron chi connectivity index (χ4n) is 2.32. The predicted octanol–water partition coefficient (Wildman–Crippen LogP) is 1.78. The van der Waals surface area contributed by atoms with Gasteiger partial charge >= 0.3 is 0 Å². The molecule has 0 bridgehead atoms. The summed E-state index contributed by atoms with van der Waals surface area (Å²) in [6.45, 7) is 6.21. The number of nitrogens with zero attached hydrogens (tertiary/aromatic N) is 1. The number of nitrogens with two attached hydrogens (primary N) is 1. The minimum absolute atomic E-state index is 0.0183. The van der Waals surface area contributed by atoms with Gasteiger partial charge in [0.1, 0.15) is 0 Å². The molecule has 96 valence electrons. The van der Waals surface area contributed by atoms with E-state index >= 15 is 0 Å². The first-order valence-corrected chi connectivity index (χ1v) is 6.04. The van der Waals surface area contributed by atoms with Crippen LogP contribution in [0.25, 0.3) is 0 Å². The molecule has 0 aliphatic carbocycles. The van der Waals surface area contributed by atoms with Crippen molar-refractivity contribution in [2.24, 2.45) is 5.73 Å². The van der Waals surface area contributed by atoms with Crippen LogP contribution >= 0.6 is 0 Å². The van der Waals surface area contributed by atoms with Gasteiger partial charge in [0, 0.05) is 18.6 Å². The molecule has 1 rings (SSSR count). The van der Waals surface area contributed by atoms with E-state index in [0.29, 0.717) is 6.54 Å². The Kier molecular flexibility index (Phi) is 4.69. The molecular weight excluding hydrogens is 212 g/mol. The topological polar surface area (TPSA) is 49.5 Å². The Morgan fingerprint density at radius 3 is 2.24 bits per heavy atom. The van der Waals surface area contributed by atoms with E-state index in [1.54, 1.807) is 0 Å². The number of rotatable bonds is 5. The molecule has 0 saturated carbocycles. The normalized spacial score (nSPS) is 15.9. The lowest BCUT2D eigenvalue weighted by molar-refractivity contribution is 0.0278. The highest BCUT2D eigenvalue weighted by Gasteiger charge is 2.25. The van der Waals surface area contributed by atoms with Crippen molar-refractivity contribution in [3.63, 3.8) is 0 Å². The average molecular weight is 236 g/mol. The van der Waals surface area contributed by atoms with Crippen LogP contribution in [0.5, 0.6) is 0 Å². The summed E-state index contributed by atoms with van der Waals surface area (Å²) < 4.78 is 0. The second kappa shape index (κ2) is 5.63. The summed E-state index contributed by atoms with van der Waals surface area (Å²) in [4.78, 5) is 2.11. The molecule has 3 heteroatoms. The summed E-state index contributed by atoms with van der Waals surface area (Å²) in [7, 11) is 2.00. The van der Waals surface area contributed by atoms with Crippen LogP contribution in [0.2, 0.25) is 0 Å². The molecule has 1 aromatic carbocycles. The summed E-state index contributed by atoms with van der Waals surface area (Å²) in [6, 6.07) is 10.3. The lowest BCUT2D eigenvalue weighted by Crippen LogP contribution is -2.43. The fraction of sp³-hybridized carbons (Fsp3) is 0.571. The summed E-state index contributed by atoms with van der Waals surface area (Å²) in [5.41, 5.74) is 6.54. The van der Waals surface area contributed by atoms with Crippen molar-refractivity contribution in [2.45, 2.75) is 38.5 Å². The lowest BCUT2D eigenvalue weighted by atomic mass is 9.98. The highest BCUT2D eigenvalue weighted by Crippen LogP contribution is 2.23. The Labute approximate surface area is 104 Å². The largest absolute Gasteiger partial charge is 0.389 e. The minimum Gasteiger partial charge on any atom is -0.389 e. The van der Waals surface area contributed by atoms with Gasteiger partial charge in [-0.05, 0) is 33.4 Å². The Morgan fingerprint density at radius 1 is 1.29 bits per heavy atom. The molecule has 0 fully saturated rings. The van der Waals surface area contributed by atoms with Crippen molar-refractivity contribution in [3.05, 3.63) is 35.9 Å². The van der Waals surface area contributed by atoms with Crippen LogP contribution in [0.15, 0.2) is 30.3 Å². The van der Waals surface area contributed by atoms with Gasteiger partial charge in [0.05, 0.1) is 5.60 Å². The van der Waals surface area contributed by atoms with Crippen molar-refractivity contribution >= 4 is 0 Å². The van der Waals surface area contributed by atoms with Crippen LogP contribution in [-0.4, -0.2) is 35.2 Å². The minimum atomic E-state index is -0.712. The van der Waals surface area contributed by atoms with Gasteiger partial charge in [-0.3, -0.25) is 4.90 Å². The maximum absolute atomic E-state index is 9.88. The summed E-state index contributed by atoms with van der Waals surface area (Å²) in [5, 5.41) is 9.88. The van der Waals surface area contributed by atoms with E-state index in [9.17, 15) is 5.11 Å². The molecule has 0 radical (unpaired) electrons. The standard InChI is InChI=1S/C14H24N2O/c1-11(15)13(12-8-6-5-7-9-12)16(4)10-14(2,3)17/h5-9,11,13,17H,10,15H2,1-4H3. The highest BCUT2D eigenvalue weighted by molar-refractivity contribution is 5.20. The predicted molar refractivity (Wildman–Crippen MR) is 71.8 cm³/mol. The molecule has 0 heterocycles. The van der Waals surface area contributed by atoms with E-state index in [2.05, 4.69) is 17.0 Å². The maximum Gasteiger partial charge on any atom is 0.0718 e. The monoisotopic (exact) mass is 236 g/mol. The first-order chi connectivity index (χ1) is 7.81. The Bertz CT molecular complexity index is 330. The first kappa shape index (κ1) is 14.2. The quantitative estimate of drug-likeness (QED) is 0.819. The molecule has 0 spiro atoms. The van der Waals surface area contributed by atoms with Gasteiger partial charge in [-0.25, -0.2) is 0 Å². The lowest BCUT2D eigenvalue weighted by Gasteiger charge is -2.35. The van der Waals surface area contributed by atoms with E-state index in [-0.39, 0.29) is 12.1 Å². The van der Waals surface area contributed by atoms with E-state index in [0.717, 1.165) is 0 Å². The molecule has 3 nitrogen and oxygen atoms in total. The maximum atomic E-state index is 9.88. The fourth-order valence-corrected chi connectivity index (χ4v) is 2.32. The molecule has 0 saturated heterocycles. The van der Waals surface area contributed by atoms with Gasteiger partial charge in [-0.1, -0.05) is 30.3 Å². The zero-order chi connectivity index (χ0) is 13.1. The van der Waals surface area contributed by atoms with Crippen LogP contribution in [-0.2, 0) is 0 Å². The second-order valence-corrected chi connectivity index (χ2v) is 5.44. The molecule has 2 unspecified atom stereocenters. The number of hydrogen-bond donors (Lipinski definition) is 2. The summed E-state index contributed by atoms with van der Waals surface area (Å²) in [6.07, 6.45) is 0. The first-order valence-electron chi connectivity index (χ1n) is 6.04. The third-order valence-corrected chi connectivity index (χ3v) is 2.75. The highest BCUT2D eigenvalue weighted by atomic mass is 16.3. The summed E-state index contributed by atoms with van der Waals surface area (Å²) >= 11 is 0. The van der Waals surface area contributed by atoms with Crippen LogP contribution in [0.4, 0.5) is 0 Å². The number of benzene rings is 1. The van der Waals surface area contributed by atoms with Gasteiger partial charge < -0.3 is 10.8 Å². The molecule has 17 heavy (non-hydrogen) atoms. The van der Waals surface area contributed by atoms with Crippen molar-refractivity contribution < 1.29 is 5.11 Å². The van der Waals surface area contributed by atoms with Gasteiger partial charge in [0.25, 0.3) is 0 Å². The molecule has 1 aromatic rings. The van der Waals surface area contributed by atoms with Crippen molar-refractivity contribution in [1.29, 1.82) is 0 Å². The third kappa shape index (κ3) is 4.46. The second-order valence-electron chi connectivity index (χ2n) is 5.44. The smallest absolute Gasteiger partial charge is 0.0718 e. The molecule has 3 N–H and O–H groups in total. The van der Waals surface area contributed by atoms with Crippen molar-refractivity contribution in [1.82, 2.24) is 4.90 Å². The molecule has 2 atom stereocenters. The van der Waals surface area contributed by atoms with E-state index in [1.807, 2.05) is 46.0 Å². The van der Waals surface area contributed by atoms with Crippen LogP contribution < -0.4 is 5.73 Å². The molecule has 0 aromatic heterocycles. The Balaban J connectivity index is 2.87. The third-order valence-electron chi connectivity index (χ3n) is 2.75. The number of likely N-dealkylation sites (N-methyl/N-ethyl adjacent to an activating group) is 1. The molecule has 0 amide bonds. The zero-order valence-corrected chi connectivity index (χ0v) is 11.2. The van der Waals surface area contributed by atoms with Crippen molar-refractivity contribution in [2.75, 3.05) is 13.6 Å². The SMILES string of the molecule is CC(N)C(c1ccccc1)N(C)CC(C)(C)O. The van der Waals surface area contributed by atoms with Gasteiger partial charge in [0.15, 0.2) is 0 Å². The zero-order valence-electron chi connectivity index (χ0n) is 11.2. The van der Waals surface area contributed by atoms with E-state index < -0.39 is 5.60 Å². The molecule has 0 aliphatic heterocycles. The van der Waals surface area contributed by atoms with Gasteiger partial charge in [-0.15, -0.1) is 0 Å². The average Bonchev–Trinajstić information content (AvgIpc) is 2.15. The molecular formula is C14H24N2O. The van der Waals surface area contributed by atoms with Crippen LogP contribution in [0.3, 0.4) is 0 Å². The van der Waals surface area contributed by atoms with Gasteiger partial charge in [-0.2, -0.15) is 0 Å². The Morgan fingerprint density at radius 2 is 1.82 bits per heavy atom. The molecule has 0 aliphatic rings. The van der Waals surface area contributed by atoms with E-state index in [4.69, 9.17) is 5.73 Å². The number of aliphatic hydroxyl groups is 1. The Hall–Kier alpha value is -0.900. The van der Waals surface area contributed by atoms with E-state index in [1.165, 1.54) is 5.56 Å². The number of hydrogen-bond acceptors (Lipinski definition) is 3. The van der Waals surface area contributed by atoms with Crippen LogP contribution in [0.1, 0.15) is 32.4 Å². The van der Waals surface area contributed by atoms with Crippen molar-refractivity contribution in [3.8, 4) is 0 Å². The van der Waals surface area contributed by atoms with Crippen LogP contribution in [0, 0.1) is 0 Å². The summed E-state index contributed by atoms with van der Waals surface area (Å²) in [5.74, 6) is 0.